The molecule has 0 radical (unpaired) electrons. The summed E-state index contributed by atoms with van der Waals surface area (Å²) < 4.78 is 12.2. The summed E-state index contributed by atoms with van der Waals surface area (Å²) in [6.07, 6.45) is 2.31. The van der Waals surface area contributed by atoms with E-state index in [4.69, 9.17) is 15.2 Å². The number of carboxylic acid groups (broad SMARTS) is 1. The Bertz CT molecular complexity index is 1130. The largest absolute Gasteiger partial charge is 0.493 e. The molecule has 5 nitrogen and oxygen atoms in total. The molecule has 3 N–H and O–H groups in total. The fourth-order valence-corrected chi connectivity index (χ4v) is 3.73. The van der Waals surface area contributed by atoms with Gasteiger partial charge in [-0.3, -0.25) is 4.79 Å². The lowest BCUT2D eigenvalue weighted by atomic mass is 9.98. The van der Waals surface area contributed by atoms with Crippen LogP contribution in [0.1, 0.15) is 49.4 Å². The van der Waals surface area contributed by atoms with Crippen LogP contribution < -0.4 is 15.2 Å². The Labute approximate surface area is 195 Å². The molecule has 5 heteroatoms. The van der Waals surface area contributed by atoms with Crippen LogP contribution in [0.4, 0.5) is 0 Å². The fourth-order valence-electron chi connectivity index (χ4n) is 3.73. The highest BCUT2D eigenvalue weighted by atomic mass is 16.5. The predicted molar refractivity (Wildman–Crippen MR) is 129 cm³/mol. The molecular formula is C28H31NO4. The summed E-state index contributed by atoms with van der Waals surface area (Å²) >= 11 is 0. The van der Waals surface area contributed by atoms with Gasteiger partial charge >= 0.3 is 5.97 Å². The van der Waals surface area contributed by atoms with E-state index < -0.39 is 5.97 Å². The number of nitrogens with two attached hydrogens (primary N) is 1. The van der Waals surface area contributed by atoms with Gasteiger partial charge in [-0.05, 0) is 72.4 Å². The van der Waals surface area contributed by atoms with Crippen LogP contribution in [-0.2, 0) is 17.8 Å². The molecule has 33 heavy (non-hydrogen) atoms. The molecule has 0 aliphatic heterocycles. The van der Waals surface area contributed by atoms with Gasteiger partial charge in [0.2, 0.25) is 0 Å². The van der Waals surface area contributed by atoms with E-state index >= 15 is 0 Å². The van der Waals surface area contributed by atoms with E-state index in [-0.39, 0.29) is 17.9 Å². The van der Waals surface area contributed by atoms with E-state index in [2.05, 4.69) is 31.2 Å². The quantitative estimate of drug-likeness (QED) is 0.415. The Morgan fingerprint density at radius 2 is 1.82 bits per heavy atom. The Balaban J connectivity index is 1.61. The second-order valence-electron chi connectivity index (χ2n) is 9.35. The van der Waals surface area contributed by atoms with Crippen molar-refractivity contribution in [1.29, 1.82) is 0 Å². The first-order chi connectivity index (χ1) is 15.8. The average molecular weight is 446 g/mol. The number of hydrogen-bond acceptors (Lipinski definition) is 4. The highest BCUT2D eigenvalue weighted by Crippen LogP contribution is 2.45. The van der Waals surface area contributed by atoms with Gasteiger partial charge in [-0.1, -0.05) is 43.3 Å². The molecule has 3 aromatic carbocycles. The number of hydrogen-bond donors (Lipinski definition) is 2. The second-order valence-corrected chi connectivity index (χ2v) is 9.35. The lowest BCUT2D eigenvalue weighted by Gasteiger charge is -2.16. The molecule has 1 saturated carbocycles. The van der Waals surface area contributed by atoms with Crippen LogP contribution in [0.2, 0.25) is 0 Å². The van der Waals surface area contributed by atoms with Gasteiger partial charge in [0.25, 0.3) is 0 Å². The number of rotatable bonds is 10. The Kier molecular flexibility index (Phi) is 6.70. The summed E-state index contributed by atoms with van der Waals surface area (Å²) in [4.78, 5) is 11.2. The minimum atomic E-state index is -0.883. The minimum Gasteiger partial charge on any atom is -0.493 e. The highest BCUT2D eigenvalue weighted by Gasteiger charge is 2.38. The standard InChI is InChI=1S/C28H31NO4/c1-19(29)21-7-5-8-22(14-21)24-12-20(13-25(15-24)33-18-28(2)10-11-28)17-32-26-9-4-3-6-23(26)16-27(30)31/h3-9,12-15,19H,10-11,16-18,29H2,1-2H3,(H,30,31)/t19-/m1/s1. The minimum absolute atomic E-state index is 0.0484. The first-order valence-electron chi connectivity index (χ1n) is 11.4. The van der Waals surface area contributed by atoms with Crippen LogP contribution in [0.25, 0.3) is 11.1 Å². The van der Waals surface area contributed by atoms with Gasteiger partial charge < -0.3 is 20.3 Å². The Morgan fingerprint density at radius 1 is 1.03 bits per heavy atom. The van der Waals surface area contributed by atoms with Crippen LogP contribution in [0.5, 0.6) is 11.5 Å². The van der Waals surface area contributed by atoms with E-state index in [1.807, 2.05) is 37.3 Å². The highest BCUT2D eigenvalue weighted by molar-refractivity contribution is 5.71. The molecule has 4 rings (SSSR count). The zero-order valence-corrected chi connectivity index (χ0v) is 19.2. The van der Waals surface area contributed by atoms with Crippen LogP contribution in [0.15, 0.2) is 66.7 Å². The van der Waals surface area contributed by atoms with E-state index in [1.165, 1.54) is 12.8 Å². The predicted octanol–water partition coefficient (Wildman–Crippen LogP) is 5.76. The maximum absolute atomic E-state index is 11.2. The van der Waals surface area contributed by atoms with Crippen molar-refractivity contribution >= 4 is 5.97 Å². The molecular weight excluding hydrogens is 414 g/mol. The number of carboxylic acids is 1. The zero-order chi connectivity index (χ0) is 23.4. The maximum Gasteiger partial charge on any atom is 0.307 e. The molecule has 0 unspecified atom stereocenters. The van der Waals surface area contributed by atoms with Crippen LogP contribution >= 0.6 is 0 Å². The summed E-state index contributed by atoms with van der Waals surface area (Å²) in [5, 5.41) is 9.19. The van der Waals surface area contributed by atoms with Crippen molar-refractivity contribution in [3.63, 3.8) is 0 Å². The number of ether oxygens (including phenoxy) is 2. The molecule has 0 amide bonds. The molecule has 0 saturated heterocycles. The van der Waals surface area contributed by atoms with Gasteiger partial charge in [-0.15, -0.1) is 0 Å². The van der Waals surface area contributed by atoms with Crippen LogP contribution in [-0.4, -0.2) is 17.7 Å². The molecule has 0 bridgehead atoms. The van der Waals surface area contributed by atoms with Crippen molar-refractivity contribution in [3.8, 4) is 22.6 Å². The number of para-hydroxylation sites is 1. The van der Waals surface area contributed by atoms with E-state index in [0.29, 0.717) is 24.5 Å². The van der Waals surface area contributed by atoms with Crippen LogP contribution in [0.3, 0.4) is 0 Å². The lowest BCUT2D eigenvalue weighted by Crippen LogP contribution is -2.09. The Hall–Kier alpha value is -3.31. The molecule has 1 aliphatic rings. The smallest absolute Gasteiger partial charge is 0.307 e. The van der Waals surface area contributed by atoms with Crippen LogP contribution in [0, 0.1) is 5.41 Å². The van der Waals surface area contributed by atoms with Crippen molar-refractivity contribution in [2.45, 2.75) is 45.8 Å². The molecule has 172 valence electrons. The van der Waals surface area contributed by atoms with Gasteiger partial charge in [0.1, 0.15) is 18.1 Å². The van der Waals surface area contributed by atoms with Crippen molar-refractivity contribution in [2.75, 3.05) is 6.61 Å². The molecule has 1 atom stereocenters. The molecule has 0 aromatic heterocycles. The lowest BCUT2D eigenvalue weighted by molar-refractivity contribution is -0.136. The van der Waals surface area contributed by atoms with Gasteiger partial charge in [-0.2, -0.15) is 0 Å². The number of aliphatic carboxylic acids is 1. The summed E-state index contributed by atoms with van der Waals surface area (Å²) in [7, 11) is 0. The summed E-state index contributed by atoms with van der Waals surface area (Å²) in [6.45, 7) is 5.22. The van der Waals surface area contributed by atoms with Crippen molar-refractivity contribution in [3.05, 3.63) is 83.4 Å². The van der Waals surface area contributed by atoms with E-state index in [0.717, 1.165) is 28.0 Å². The van der Waals surface area contributed by atoms with E-state index in [9.17, 15) is 9.90 Å². The first kappa shape index (κ1) is 22.9. The molecule has 1 aliphatic carbocycles. The average Bonchev–Trinajstić information content (AvgIpc) is 3.54. The van der Waals surface area contributed by atoms with Gasteiger partial charge in [0, 0.05) is 17.0 Å². The SMILES string of the molecule is C[C@@H](N)c1cccc(-c2cc(COc3ccccc3CC(=O)O)cc(OCC3(C)CC3)c2)c1. The maximum atomic E-state index is 11.2. The zero-order valence-electron chi connectivity index (χ0n) is 19.2. The number of benzene rings is 3. The fraction of sp³-hybridized carbons (Fsp3) is 0.321. The molecule has 3 aromatic rings. The van der Waals surface area contributed by atoms with Gasteiger partial charge in [0.15, 0.2) is 0 Å². The normalized spacial score (nSPS) is 15.0. The topological polar surface area (TPSA) is 81.8 Å². The molecule has 0 spiro atoms. The van der Waals surface area contributed by atoms with Crippen molar-refractivity contribution < 1.29 is 19.4 Å². The first-order valence-corrected chi connectivity index (χ1v) is 11.4. The van der Waals surface area contributed by atoms with E-state index in [1.54, 1.807) is 12.1 Å². The third kappa shape index (κ3) is 6.14. The molecule has 1 fully saturated rings. The summed E-state index contributed by atoms with van der Waals surface area (Å²) in [6, 6.07) is 21.6. The summed E-state index contributed by atoms with van der Waals surface area (Å²) in [5.74, 6) is 0.507. The third-order valence-corrected chi connectivity index (χ3v) is 6.11. The molecule has 0 heterocycles. The Morgan fingerprint density at radius 3 is 2.55 bits per heavy atom. The van der Waals surface area contributed by atoms with Crippen molar-refractivity contribution in [2.24, 2.45) is 11.1 Å². The summed E-state index contributed by atoms with van der Waals surface area (Å²) in [5.41, 5.74) is 11.2. The van der Waals surface area contributed by atoms with Gasteiger partial charge in [-0.25, -0.2) is 0 Å². The third-order valence-electron chi connectivity index (χ3n) is 6.11. The second kappa shape index (κ2) is 9.67. The number of carbonyl (C=O) groups is 1. The van der Waals surface area contributed by atoms with Crippen molar-refractivity contribution in [1.82, 2.24) is 0 Å². The monoisotopic (exact) mass is 445 g/mol. The van der Waals surface area contributed by atoms with Gasteiger partial charge in [0.05, 0.1) is 13.0 Å².